The second-order valence-corrected chi connectivity index (χ2v) is 15.5. The minimum Gasteiger partial charge on any atom is -0.496 e. The Morgan fingerprint density at radius 1 is 0.833 bits per heavy atom. The van der Waals surface area contributed by atoms with Crippen molar-refractivity contribution in [2.75, 3.05) is 33.9 Å². The Morgan fingerprint density at radius 2 is 1.60 bits per heavy atom. The number of rotatable bonds is 15. The third-order valence-electron chi connectivity index (χ3n) is 11.6. The van der Waals surface area contributed by atoms with Gasteiger partial charge in [0, 0.05) is 63.8 Å². The number of aromatic nitrogens is 5. The Morgan fingerprint density at radius 3 is 2.35 bits per heavy atom. The number of amides is 2. The first-order chi connectivity index (χ1) is 29.1. The third kappa shape index (κ3) is 8.29. The van der Waals surface area contributed by atoms with Gasteiger partial charge >= 0.3 is 0 Å². The number of ketones is 2. The fourth-order valence-corrected chi connectivity index (χ4v) is 8.32. The molecule has 0 radical (unpaired) electrons. The van der Waals surface area contributed by atoms with Gasteiger partial charge in [0.25, 0.3) is 17.4 Å². The maximum Gasteiger partial charge on any atom is 0.262 e. The van der Waals surface area contributed by atoms with Crippen molar-refractivity contribution < 1.29 is 38.1 Å². The number of fused-ring (bicyclic) bond motifs is 2. The molecule has 2 fully saturated rings. The minimum absolute atomic E-state index is 0.0957. The van der Waals surface area contributed by atoms with Gasteiger partial charge in [0.1, 0.15) is 28.7 Å². The summed E-state index contributed by atoms with van der Waals surface area (Å²) in [5.74, 6) is 0.295. The Balaban J connectivity index is 0.777. The van der Waals surface area contributed by atoms with E-state index in [2.05, 4.69) is 20.2 Å². The predicted octanol–water partition coefficient (Wildman–Crippen LogP) is 4.54. The summed E-state index contributed by atoms with van der Waals surface area (Å²) < 4.78 is 27.3. The van der Waals surface area contributed by atoms with Crippen LogP contribution in [0.25, 0.3) is 21.9 Å². The Bertz CT molecular complexity index is 2500. The average Bonchev–Trinajstić information content (AvgIpc) is 3.82. The Labute approximate surface area is 346 Å². The number of benzene rings is 2. The van der Waals surface area contributed by atoms with E-state index >= 15 is 0 Å². The highest BCUT2D eigenvalue weighted by Crippen LogP contribution is 2.38. The predicted molar refractivity (Wildman–Crippen MR) is 218 cm³/mol. The van der Waals surface area contributed by atoms with Gasteiger partial charge in [-0.25, -0.2) is 0 Å². The molecule has 2 amide bonds. The molecule has 2 aliphatic heterocycles. The van der Waals surface area contributed by atoms with Crippen LogP contribution >= 0.6 is 0 Å². The van der Waals surface area contributed by atoms with Crippen molar-refractivity contribution in [2.24, 2.45) is 7.05 Å². The molecule has 312 valence electrons. The molecule has 0 bridgehead atoms. The van der Waals surface area contributed by atoms with Gasteiger partial charge in [-0.15, -0.1) is 5.10 Å². The van der Waals surface area contributed by atoms with Crippen molar-refractivity contribution >= 4 is 34.2 Å². The third-order valence-corrected chi connectivity index (χ3v) is 11.6. The molecule has 3 aliphatic rings. The SMILES string of the molecule is COc1cc(-c2cn(C)c(=O)c3cnccc23)cc(OC)c1CN1CCC(OCc2cn(CCCCOc3ccc4c(c3)C(=O)N(C3CCC(=O)CC3=O)C4=O)nn2)CC1. The number of imide groups is 1. The second-order valence-electron chi connectivity index (χ2n) is 15.5. The molecule has 2 aromatic carbocycles. The molecule has 1 saturated carbocycles. The van der Waals surface area contributed by atoms with Gasteiger partial charge in [-0.1, -0.05) is 5.21 Å². The number of piperidine rings is 1. The van der Waals surface area contributed by atoms with Crippen LogP contribution in [0.3, 0.4) is 0 Å². The summed E-state index contributed by atoms with van der Waals surface area (Å²) in [6, 6.07) is 9.71. The van der Waals surface area contributed by atoms with E-state index in [4.69, 9.17) is 18.9 Å². The van der Waals surface area contributed by atoms with E-state index in [0.29, 0.717) is 48.9 Å². The maximum atomic E-state index is 13.1. The van der Waals surface area contributed by atoms with Crippen LogP contribution in [0.4, 0.5) is 0 Å². The number of pyridine rings is 2. The second kappa shape index (κ2) is 17.5. The number of carbonyl (C=O) groups excluding carboxylic acids is 4. The van der Waals surface area contributed by atoms with Crippen LogP contribution in [0.15, 0.2) is 66.0 Å². The highest BCUT2D eigenvalue weighted by molar-refractivity contribution is 6.23. The van der Waals surface area contributed by atoms with Gasteiger partial charge in [0.05, 0.1) is 74.3 Å². The smallest absolute Gasteiger partial charge is 0.262 e. The lowest BCUT2D eigenvalue weighted by Gasteiger charge is -2.32. The molecule has 1 unspecified atom stereocenters. The molecule has 60 heavy (non-hydrogen) atoms. The van der Waals surface area contributed by atoms with Crippen LogP contribution in [0.2, 0.25) is 0 Å². The summed E-state index contributed by atoms with van der Waals surface area (Å²) in [5, 5.41) is 9.93. The van der Waals surface area contributed by atoms with Gasteiger partial charge < -0.3 is 23.5 Å². The van der Waals surface area contributed by atoms with Crippen LogP contribution in [-0.2, 0) is 41.1 Å². The standard InChI is InChI=1S/C44H47N7O9/c1-48-24-36(32-10-13-45-22-35(32)42(48)54)27-18-40(57-2)37(41(19-27)58-3)25-49-15-11-30(12-16-49)60-26-28-23-50(47-46-28)14-4-5-17-59-31-7-8-33-34(21-31)44(56)51(43(33)55)38-9-6-29(52)20-39(38)53/h7-8,10,13,18-19,21-24,30,38H,4-6,9,11-12,14-17,20,25-26H2,1-3H3. The number of hydrogen-bond donors (Lipinski definition) is 0. The number of methoxy groups -OCH3 is 2. The molecule has 5 aromatic rings. The van der Waals surface area contributed by atoms with Crippen molar-refractivity contribution in [1.29, 1.82) is 0 Å². The van der Waals surface area contributed by atoms with Gasteiger partial charge in [-0.2, -0.15) is 0 Å². The maximum absolute atomic E-state index is 13.1. The van der Waals surface area contributed by atoms with E-state index in [1.165, 1.54) is 0 Å². The lowest BCUT2D eigenvalue weighted by molar-refractivity contribution is -0.132. The number of Topliss-reactive ketones (excluding diaryl/α,β-unsaturated/α-hetero) is 2. The van der Waals surface area contributed by atoms with Gasteiger partial charge in [0.2, 0.25) is 0 Å². The number of carbonyl (C=O) groups is 4. The number of nitrogens with zero attached hydrogens (tertiary/aromatic N) is 7. The number of hydrogen-bond acceptors (Lipinski definition) is 13. The van der Waals surface area contributed by atoms with Gasteiger partial charge in [0.15, 0.2) is 5.78 Å². The molecule has 1 atom stereocenters. The largest absolute Gasteiger partial charge is 0.496 e. The highest BCUT2D eigenvalue weighted by Gasteiger charge is 2.44. The van der Waals surface area contributed by atoms with E-state index in [1.807, 2.05) is 30.6 Å². The number of likely N-dealkylation sites (tertiary alicyclic amines) is 1. The zero-order valence-corrected chi connectivity index (χ0v) is 33.9. The first-order valence-corrected chi connectivity index (χ1v) is 20.2. The zero-order valence-electron chi connectivity index (χ0n) is 33.9. The lowest BCUT2D eigenvalue weighted by atomic mass is 9.92. The van der Waals surface area contributed by atoms with E-state index in [1.54, 1.807) is 61.1 Å². The van der Waals surface area contributed by atoms with Gasteiger partial charge in [-0.05, 0) is 79.5 Å². The van der Waals surface area contributed by atoms with Crippen molar-refractivity contribution in [3.63, 3.8) is 0 Å². The molecule has 0 spiro atoms. The fourth-order valence-electron chi connectivity index (χ4n) is 8.32. The summed E-state index contributed by atoms with van der Waals surface area (Å²) in [6.45, 7) is 3.75. The molecule has 1 saturated heterocycles. The fraction of sp³-hybridized carbons (Fsp3) is 0.409. The Hall–Kier alpha value is -6.26. The molecule has 3 aromatic heterocycles. The number of ether oxygens (including phenoxy) is 4. The van der Waals surface area contributed by atoms with Crippen LogP contribution in [-0.4, -0.2) is 104 Å². The van der Waals surface area contributed by atoms with E-state index in [9.17, 15) is 24.0 Å². The average molecular weight is 818 g/mol. The quantitative estimate of drug-likeness (QED) is 0.0819. The molecule has 16 heteroatoms. The molecule has 16 nitrogen and oxygen atoms in total. The van der Waals surface area contributed by atoms with Crippen LogP contribution in [0, 0.1) is 0 Å². The monoisotopic (exact) mass is 817 g/mol. The molecular weight excluding hydrogens is 771 g/mol. The molecule has 1 aliphatic carbocycles. The first-order valence-electron chi connectivity index (χ1n) is 20.2. The summed E-state index contributed by atoms with van der Waals surface area (Å²) in [7, 11) is 5.06. The summed E-state index contributed by atoms with van der Waals surface area (Å²) >= 11 is 0. The Kier molecular flexibility index (Phi) is 11.8. The zero-order chi connectivity index (χ0) is 41.9. The van der Waals surface area contributed by atoms with E-state index in [0.717, 1.165) is 71.4 Å². The normalized spacial score (nSPS) is 17.4. The summed E-state index contributed by atoms with van der Waals surface area (Å²) in [5.41, 5.74) is 3.84. The van der Waals surface area contributed by atoms with Crippen LogP contribution in [0.5, 0.6) is 17.2 Å². The first kappa shape index (κ1) is 40.5. The van der Waals surface area contributed by atoms with E-state index < -0.39 is 23.6 Å². The van der Waals surface area contributed by atoms with Crippen LogP contribution in [0.1, 0.15) is 76.9 Å². The minimum atomic E-state index is -0.901. The van der Waals surface area contributed by atoms with Crippen molar-refractivity contribution in [2.45, 2.75) is 76.8 Å². The van der Waals surface area contributed by atoms with E-state index in [-0.39, 0.29) is 47.8 Å². The number of aryl methyl sites for hydroxylation is 2. The molecular formula is C44H47N7O9. The molecule has 8 rings (SSSR count). The number of unbranched alkanes of at least 4 members (excludes halogenated alkanes) is 1. The summed E-state index contributed by atoms with van der Waals surface area (Å²) in [6.07, 6.45) is 10.4. The van der Waals surface area contributed by atoms with Gasteiger partial charge in [-0.3, -0.25) is 43.4 Å². The van der Waals surface area contributed by atoms with Crippen molar-refractivity contribution in [1.82, 2.24) is 34.3 Å². The highest BCUT2D eigenvalue weighted by atomic mass is 16.5. The topological polar surface area (TPSA) is 177 Å². The summed E-state index contributed by atoms with van der Waals surface area (Å²) in [4.78, 5) is 70.5. The lowest BCUT2D eigenvalue weighted by Crippen LogP contribution is -2.47. The van der Waals surface area contributed by atoms with Crippen LogP contribution < -0.4 is 19.8 Å². The van der Waals surface area contributed by atoms with Crippen molar-refractivity contribution in [3.8, 4) is 28.4 Å². The molecule has 5 heterocycles. The molecule has 0 N–H and O–H groups in total. The van der Waals surface area contributed by atoms with Crippen molar-refractivity contribution in [3.05, 3.63) is 93.9 Å².